The number of carbonyl (C=O) groups is 1. The third-order valence-corrected chi connectivity index (χ3v) is 5.15. The number of carbonyl (C=O) groups excluding carboxylic acids is 1. The molecule has 0 aliphatic carbocycles. The highest BCUT2D eigenvalue weighted by molar-refractivity contribution is 8.05. The number of rotatable bonds is 5. The second-order valence-corrected chi connectivity index (χ2v) is 7.12. The summed E-state index contributed by atoms with van der Waals surface area (Å²) in [5.41, 5.74) is 3.17. The Morgan fingerprint density at radius 3 is 2.65 bits per heavy atom. The van der Waals surface area contributed by atoms with Gasteiger partial charge in [0, 0.05) is 17.3 Å². The molecule has 3 rings (SSSR count). The molecule has 1 amide bonds. The number of benzene rings is 2. The van der Waals surface area contributed by atoms with Crippen LogP contribution >= 0.6 is 11.8 Å². The molecule has 1 fully saturated rings. The molecule has 7 heteroatoms. The maximum atomic E-state index is 12.2. The molecule has 0 aromatic heterocycles. The van der Waals surface area contributed by atoms with Gasteiger partial charge in [-0.1, -0.05) is 43.0 Å². The van der Waals surface area contributed by atoms with Gasteiger partial charge in [-0.05, 0) is 42.7 Å². The molecule has 2 N–H and O–H groups in total. The lowest BCUT2D eigenvalue weighted by Gasteiger charge is -2.12. The number of hydrogen-bond acceptors (Lipinski definition) is 5. The zero-order chi connectivity index (χ0) is 18.7. The van der Waals surface area contributed by atoms with Crippen LogP contribution in [0.25, 0.3) is 6.08 Å². The van der Waals surface area contributed by atoms with Gasteiger partial charge in [0.1, 0.15) is 0 Å². The van der Waals surface area contributed by atoms with Gasteiger partial charge in [0.25, 0.3) is 11.6 Å². The Morgan fingerprint density at radius 1 is 1.27 bits per heavy atom. The molecular formula is C19H19N3O3S. The van der Waals surface area contributed by atoms with E-state index >= 15 is 0 Å². The number of nitrogens with one attached hydrogen (secondary N) is 2. The van der Waals surface area contributed by atoms with Crippen molar-refractivity contribution in [2.75, 3.05) is 5.32 Å². The molecule has 1 aliphatic rings. The predicted molar refractivity (Wildman–Crippen MR) is 105 cm³/mol. The monoisotopic (exact) mass is 369 g/mol. The van der Waals surface area contributed by atoms with Crippen molar-refractivity contribution >= 4 is 35.1 Å². The van der Waals surface area contributed by atoms with Crippen LogP contribution in [0.4, 0.5) is 11.4 Å². The van der Waals surface area contributed by atoms with Gasteiger partial charge in [-0.15, -0.1) is 0 Å². The van der Waals surface area contributed by atoms with Gasteiger partial charge >= 0.3 is 0 Å². The number of amides is 1. The Hall–Kier alpha value is -2.80. The van der Waals surface area contributed by atoms with Gasteiger partial charge in [0.05, 0.1) is 9.83 Å². The summed E-state index contributed by atoms with van der Waals surface area (Å²) in [5, 5.41) is 17.2. The highest BCUT2D eigenvalue weighted by Crippen LogP contribution is 2.31. The minimum Gasteiger partial charge on any atom is -0.357 e. The van der Waals surface area contributed by atoms with Gasteiger partial charge < -0.3 is 10.6 Å². The molecular weight excluding hydrogens is 350 g/mol. The quantitative estimate of drug-likeness (QED) is 0.472. The van der Waals surface area contributed by atoms with Gasteiger partial charge in [0.15, 0.2) is 5.50 Å². The lowest BCUT2D eigenvalue weighted by atomic mass is 10.1. The molecule has 1 saturated heterocycles. The van der Waals surface area contributed by atoms with E-state index in [9.17, 15) is 14.9 Å². The standard InChI is InChI=1S/C19H19N3O3S/c1-3-13-6-8-15(9-7-13)20-19-21-18(23)17(26-19)11-14-5-4-12(2)16(10-14)22(24)25/h4-11,19-20H,3H2,1-2H3,(H,21,23)/b17-11-/t19-/m1/s1. The summed E-state index contributed by atoms with van der Waals surface area (Å²) in [6.45, 7) is 3.79. The van der Waals surface area contributed by atoms with Crippen LogP contribution in [0.2, 0.25) is 0 Å². The molecule has 1 atom stereocenters. The topological polar surface area (TPSA) is 84.3 Å². The summed E-state index contributed by atoms with van der Waals surface area (Å²) < 4.78 is 0. The van der Waals surface area contributed by atoms with Crippen LogP contribution in [-0.2, 0) is 11.2 Å². The molecule has 0 spiro atoms. The van der Waals surface area contributed by atoms with Crippen molar-refractivity contribution in [3.63, 3.8) is 0 Å². The van der Waals surface area contributed by atoms with Crippen LogP contribution in [0.3, 0.4) is 0 Å². The minimum atomic E-state index is -0.413. The normalized spacial score (nSPS) is 18.0. The zero-order valence-electron chi connectivity index (χ0n) is 14.5. The second-order valence-electron chi connectivity index (χ2n) is 5.98. The first-order chi connectivity index (χ1) is 12.5. The number of aryl methyl sites for hydroxylation is 2. The SMILES string of the molecule is CCc1ccc(N[C@@H]2NC(=O)/C(=C/c3ccc(C)c([N+](=O)[O-])c3)S2)cc1. The molecule has 1 aliphatic heterocycles. The first-order valence-corrected chi connectivity index (χ1v) is 9.14. The van der Waals surface area contributed by atoms with Crippen LogP contribution in [0, 0.1) is 17.0 Å². The molecule has 1 heterocycles. The number of hydrogen-bond donors (Lipinski definition) is 2. The Bertz CT molecular complexity index is 878. The Morgan fingerprint density at radius 2 is 2.00 bits per heavy atom. The minimum absolute atomic E-state index is 0.0495. The van der Waals surface area contributed by atoms with Crippen LogP contribution in [0.1, 0.15) is 23.6 Å². The summed E-state index contributed by atoms with van der Waals surface area (Å²) >= 11 is 1.36. The predicted octanol–water partition coefficient (Wildman–Crippen LogP) is 4.07. The third kappa shape index (κ3) is 4.05. The van der Waals surface area contributed by atoms with Crippen molar-refractivity contribution in [3.05, 3.63) is 74.2 Å². The second kappa shape index (κ2) is 7.61. The number of nitro benzene ring substituents is 1. The average Bonchev–Trinajstić information content (AvgIpc) is 2.96. The van der Waals surface area contributed by atoms with Crippen molar-refractivity contribution in [2.45, 2.75) is 25.8 Å². The summed E-state index contributed by atoms with van der Waals surface area (Å²) in [4.78, 5) is 23.4. The number of nitrogens with zero attached hydrogens (tertiary/aromatic N) is 1. The molecule has 2 aromatic carbocycles. The van der Waals surface area contributed by atoms with Crippen molar-refractivity contribution in [3.8, 4) is 0 Å². The van der Waals surface area contributed by atoms with E-state index in [4.69, 9.17) is 0 Å². The van der Waals surface area contributed by atoms with E-state index in [0.717, 1.165) is 12.1 Å². The third-order valence-electron chi connectivity index (χ3n) is 4.12. The van der Waals surface area contributed by atoms with Crippen LogP contribution < -0.4 is 10.6 Å². The molecule has 0 saturated carbocycles. The maximum absolute atomic E-state index is 12.2. The number of thioether (sulfide) groups is 1. The van der Waals surface area contributed by atoms with Crippen LogP contribution in [0.15, 0.2) is 47.4 Å². The van der Waals surface area contributed by atoms with Gasteiger partial charge in [-0.2, -0.15) is 0 Å². The summed E-state index contributed by atoms with van der Waals surface area (Å²) in [6, 6.07) is 13.0. The lowest BCUT2D eigenvalue weighted by molar-refractivity contribution is -0.385. The van der Waals surface area contributed by atoms with E-state index < -0.39 is 4.92 Å². The highest BCUT2D eigenvalue weighted by atomic mass is 32.2. The molecule has 134 valence electrons. The summed E-state index contributed by atoms with van der Waals surface area (Å²) in [7, 11) is 0. The Balaban J connectivity index is 1.73. The van der Waals surface area contributed by atoms with Gasteiger partial charge in [-0.25, -0.2) is 0 Å². The summed E-state index contributed by atoms with van der Waals surface area (Å²) in [5.74, 6) is -0.194. The smallest absolute Gasteiger partial charge is 0.272 e. The van der Waals surface area contributed by atoms with E-state index in [1.54, 1.807) is 25.1 Å². The highest BCUT2D eigenvalue weighted by Gasteiger charge is 2.27. The number of nitro groups is 1. The largest absolute Gasteiger partial charge is 0.357 e. The van der Waals surface area contributed by atoms with Crippen LogP contribution in [0.5, 0.6) is 0 Å². The van der Waals surface area contributed by atoms with Crippen molar-refractivity contribution in [1.82, 2.24) is 5.32 Å². The lowest BCUT2D eigenvalue weighted by Crippen LogP contribution is -2.30. The fraction of sp³-hybridized carbons (Fsp3) is 0.211. The average molecular weight is 369 g/mol. The van der Waals surface area contributed by atoms with Crippen LogP contribution in [-0.4, -0.2) is 16.3 Å². The molecule has 0 radical (unpaired) electrons. The summed E-state index contributed by atoms with van der Waals surface area (Å²) in [6.07, 6.45) is 2.65. The van der Waals surface area contributed by atoms with Crippen molar-refractivity contribution in [2.24, 2.45) is 0 Å². The molecule has 0 bridgehead atoms. The fourth-order valence-corrected chi connectivity index (χ4v) is 3.60. The molecule has 2 aromatic rings. The fourth-order valence-electron chi connectivity index (χ4n) is 2.62. The van der Waals surface area contributed by atoms with Crippen molar-refractivity contribution in [1.29, 1.82) is 0 Å². The Labute approximate surface area is 155 Å². The van der Waals surface area contributed by atoms with E-state index in [-0.39, 0.29) is 17.1 Å². The van der Waals surface area contributed by atoms with Crippen molar-refractivity contribution < 1.29 is 9.72 Å². The van der Waals surface area contributed by atoms with Gasteiger partial charge in [0.2, 0.25) is 0 Å². The molecule has 0 unspecified atom stereocenters. The van der Waals surface area contributed by atoms with E-state index in [0.29, 0.717) is 16.0 Å². The maximum Gasteiger partial charge on any atom is 0.272 e. The first-order valence-electron chi connectivity index (χ1n) is 8.26. The van der Waals surface area contributed by atoms with E-state index in [1.807, 2.05) is 24.3 Å². The van der Waals surface area contributed by atoms with Gasteiger partial charge in [-0.3, -0.25) is 14.9 Å². The molecule has 26 heavy (non-hydrogen) atoms. The first kappa shape index (κ1) is 18.0. The van der Waals surface area contributed by atoms with E-state index in [1.165, 1.54) is 23.4 Å². The Kier molecular flexibility index (Phi) is 5.27. The van der Waals surface area contributed by atoms with E-state index in [2.05, 4.69) is 17.6 Å². The number of anilines is 1. The molecule has 6 nitrogen and oxygen atoms in total. The zero-order valence-corrected chi connectivity index (χ0v) is 15.3.